The Labute approximate surface area is 148 Å². The van der Waals surface area contributed by atoms with Crippen LogP contribution in [0.1, 0.15) is 35.6 Å². The number of aryl methyl sites for hydroxylation is 3. The van der Waals surface area contributed by atoms with Crippen molar-refractivity contribution in [3.63, 3.8) is 0 Å². The van der Waals surface area contributed by atoms with Crippen molar-refractivity contribution in [3.8, 4) is 0 Å². The summed E-state index contributed by atoms with van der Waals surface area (Å²) in [5.74, 6) is 0.129. The second-order valence-corrected chi connectivity index (χ2v) is 7.74. The molecule has 2 bridgehead atoms. The lowest BCUT2D eigenvalue weighted by molar-refractivity contribution is -0.118. The maximum atomic E-state index is 13.2. The first-order valence-electron chi connectivity index (χ1n) is 9.22. The minimum absolute atomic E-state index is 0.0555. The molecule has 1 aromatic rings. The van der Waals surface area contributed by atoms with Crippen LogP contribution in [0.2, 0.25) is 0 Å². The Kier molecular flexibility index (Phi) is 4.00. The highest BCUT2D eigenvalue weighted by atomic mass is 16.5. The molecule has 3 aliphatic rings. The van der Waals surface area contributed by atoms with Crippen LogP contribution >= 0.6 is 0 Å². The average molecular weight is 342 g/mol. The van der Waals surface area contributed by atoms with Gasteiger partial charge in [0.15, 0.2) is 5.78 Å². The van der Waals surface area contributed by atoms with E-state index in [-0.39, 0.29) is 41.5 Å². The average Bonchev–Trinajstić information content (AvgIpc) is 3.18. The normalized spacial score (nSPS) is 33.4. The van der Waals surface area contributed by atoms with Gasteiger partial charge >= 0.3 is 0 Å². The predicted octanol–water partition coefficient (Wildman–Crippen LogP) is 3.52. The Morgan fingerprint density at radius 1 is 1.20 bits per heavy atom. The lowest BCUT2D eigenvalue weighted by Crippen LogP contribution is -2.36. The number of carbonyl (C=O) groups excluding carboxylic acids is 1. The molecular weight excluding hydrogens is 316 g/mol. The summed E-state index contributed by atoms with van der Waals surface area (Å²) in [6.45, 7) is 9.38. The van der Waals surface area contributed by atoms with Crippen molar-refractivity contribution in [1.82, 2.24) is 0 Å². The Morgan fingerprint density at radius 2 is 1.88 bits per heavy atom. The molecule has 0 aromatic heterocycles. The third-order valence-corrected chi connectivity index (χ3v) is 6.06. The molecule has 0 unspecified atom stereocenters. The second kappa shape index (κ2) is 5.96. The van der Waals surface area contributed by atoms with Gasteiger partial charge in [0.1, 0.15) is 5.76 Å². The highest BCUT2D eigenvalue weighted by Crippen LogP contribution is 2.55. The molecule has 2 heterocycles. The molecule has 5 atom stereocenters. The van der Waals surface area contributed by atoms with Crippen LogP contribution in [-0.2, 0) is 14.3 Å². The number of Topliss-reactive ketones (excluding diaryl/α,β-unsaturated/α-hetero) is 1. The van der Waals surface area contributed by atoms with Gasteiger partial charge in [-0.05, 0) is 50.8 Å². The van der Waals surface area contributed by atoms with Crippen molar-refractivity contribution in [2.24, 2.45) is 17.8 Å². The zero-order valence-electron chi connectivity index (χ0n) is 15.3. The van der Waals surface area contributed by atoms with Crippen LogP contribution < -0.4 is 0 Å². The predicted molar refractivity (Wildman–Crippen MR) is 95.4 cm³/mol. The SMILES string of the molecule is CCOC[C@H]1C[C@@H]2O[C@H]1[C@H]1C(O)=C(c3c(C)cc(C)cc3C)C(=O)[C@H]12. The molecule has 4 heteroatoms. The van der Waals surface area contributed by atoms with E-state index in [4.69, 9.17) is 9.47 Å². The summed E-state index contributed by atoms with van der Waals surface area (Å²) >= 11 is 0. The smallest absolute Gasteiger partial charge is 0.173 e. The van der Waals surface area contributed by atoms with Gasteiger partial charge in [-0.15, -0.1) is 0 Å². The van der Waals surface area contributed by atoms with Crippen LogP contribution in [0.3, 0.4) is 0 Å². The molecule has 0 radical (unpaired) electrons. The first-order valence-corrected chi connectivity index (χ1v) is 9.22. The minimum atomic E-state index is -0.224. The Morgan fingerprint density at radius 3 is 2.52 bits per heavy atom. The number of allylic oxidation sites excluding steroid dienone is 1. The molecular formula is C21H26O4. The van der Waals surface area contributed by atoms with E-state index in [9.17, 15) is 9.90 Å². The molecule has 1 N–H and O–H groups in total. The third-order valence-electron chi connectivity index (χ3n) is 6.06. The van der Waals surface area contributed by atoms with Gasteiger partial charge in [0.05, 0.1) is 36.2 Å². The molecule has 2 saturated heterocycles. The Bertz CT molecular complexity index is 740. The second-order valence-electron chi connectivity index (χ2n) is 7.74. The lowest BCUT2D eigenvalue weighted by Gasteiger charge is -2.27. The molecule has 2 fully saturated rings. The summed E-state index contributed by atoms with van der Waals surface area (Å²) < 4.78 is 11.6. The van der Waals surface area contributed by atoms with Crippen molar-refractivity contribution in [2.75, 3.05) is 13.2 Å². The molecule has 1 aromatic carbocycles. The summed E-state index contributed by atoms with van der Waals surface area (Å²) in [4.78, 5) is 13.2. The van der Waals surface area contributed by atoms with Gasteiger partial charge in [-0.2, -0.15) is 0 Å². The molecule has 4 rings (SSSR count). The van der Waals surface area contributed by atoms with E-state index in [1.807, 2.05) is 20.8 Å². The summed E-state index contributed by atoms with van der Waals surface area (Å²) in [6.07, 6.45) is 0.664. The molecule has 0 amide bonds. The molecule has 0 saturated carbocycles. The first kappa shape index (κ1) is 16.8. The summed E-state index contributed by atoms with van der Waals surface area (Å²) in [5, 5.41) is 11.0. The topological polar surface area (TPSA) is 55.8 Å². The molecule has 4 nitrogen and oxygen atoms in total. The lowest BCUT2D eigenvalue weighted by atomic mass is 9.75. The zero-order valence-corrected chi connectivity index (χ0v) is 15.3. The summed E-state index contributed by atoms with van der Waals surface area (Å²) in [6, 6.07) is 4.15. The quantitative estimate of drug-likeness (QED) is 0.910. The van der Waals surface area contributed by atoms with Gasteiger partial charge in [0, 0.05) is 12.5 Å². The fourth-order valence-electron chi connectivity index (χ4n) is 5.22. The van der Waals surface area contributed by atoms with Crippen molar-refractivity contribution >= 4 is 11.4 Å². The van der Waals surface area contributed by atoms with Crippen LogP contribution in [0.4, 0.5) is 0 Å². The number of ketones is 1. The Balaban J connectivity index is 1.73. The van der Waals surface area contributed by atoms with Crippen LogP contribution in [0.5, 0.6) is 0 Å². The fourth-order valence-corrected chi connectivity index (χ4v) is 5.22. The van der Waals surface area contributed by atoms with Crippen molar-refractivity contribution in [2.45, 2.75) is 46.3 Å². The van der Waals surface area contributed by atoms with Crippen LogP contribution in [0.15, 0.2) is 17.9 Å². The maximum Gasteiger partial charge on any atom is 0.173 e. The van der Waals surface area contributed by atoms with Gasteiger partial charge < -0.3 is 14.6 Å². The molecule has 1 aliphatic carbocycles. The molecule has 0 spiro atoms. The van der Waals surface area contributed by atoms with E-state index in [0.717, 1.165) is 23.1 Å². The van der Waals surface area contributed by atoms with E-state index in [1.54, 1.807) is 0 Å². The standard InChI is InChI=1S/C21H26O4/c1-5-24-9-13-8-14-16-18(21(13)25-14)20(23)17(19(16)22)15-11(3)6-10(2)7-12(15)4/h6-7,13-14,16,18,21,23H,5,8-9H2,1-4H3/t13-,14+,16+,18-,21-/m1/s1. The van der Waals surface area contributed by atoms with Gasteiger partial charge in [0.2, 0.25) is 0 Å². The van der Waals surface area contributed by atoms with E-state index in [0.29, 0.717) is 18.8 Å². The van der Waals surface area contributed by atoms with E-state index in [1.165, 1.54) is 5.56 Å². The molecule has 25 heavy (non-hydrogen) atoms. The number of fused-ring (bicyclic) bond motifs is 5. The van der Waals surface area contributed by atoms with Gasteiger partial charge in [-0.25, -0.2) is 0 Å². The largest absolute Gasteiger partial charge is 0.511 e. The van der Waals surface area contributed by atoms with Crippen LogP contribution in [0, 0.1) is 38.5 Å². The van der Waals surface area contributed by atoms with Crippen LogP contribution in [0.25, 0.3) is 5.57 Å². The highest BCUT2D eigenvalue weighted by molar-refractivity contribution is 6.26. The number of rotatable bonds is 4. The molecule has 2 aliphatic heterocycles. The van der Waals surface area contributed by atoms with Gasteiger partial charge in [-0.3, -0.25) is 4.79 Å². The zero-order chi connectivity index (χ0) is 17.9. The third kappa shape index (κ3) is 2.38. The number of carbonyl (C=O) groups is 1. The van der Waals surface area contributed by atoms with E-state index < -0.39 is 0 Å². The number of aliphatic hydroxyl groups excluding tert-OH is 1. The molecule has 134 valence electrons. The van der Waals surface area contributed by atoms with Crippen molar-refractivity contribution < 1.29 is 19.4 Å². The monoisotopic (exact) mass is 342 g/mol. The summed E-state index contributed by atoms with van der Waals surface area (Å²) in [7, 11) is 0. The van der Waals surface area contributed by atoms with Crippen molar-refractivity contribution in [3.05, 3.63) is 40.1 Å². The fraction of sp³-hybridized carbons (Fsp3) is 0.571. The van der Waals surface area contributed by atoms with E-state index in [2.05, 4.69) is 19.1 Å². The summed E-state index contributed by atoms with van der Waals surface area (Å²) in [5.41, 5.74) is 4.70. The number of hydrogen-bond acceptors (Lipinski definition) is 4. The van der Waals surface area contributed by atoms with Crippen LogP contribution in [-0.4, -0.2) is 36.3 Å². The number of benzene rings is 1. The van der Waals surface area contributed by atoms with Crippen molar-refractivity contribution in [1.29, 1.82) is 0 Å². The van der Waals surface area contributed by atoms with Gasteiger partial charge in [-0.1, -0.05) is 17.7 Å². The number of aliphatic hydroxyl groups is 1. The van der Waals surface area contributed by atoms with E-state index >= 15 is 0 Å². The number of ether oxygens (including phenoxy) is 2. The maximum absolute atomic E-state index is 13.2. The first-order chi connectivity index (χ1) is 11.9. The highest BCUT2D eigenvalue weighted by Gasteiger charge is 2.62. The Hall–Kier alpha value is -1.65. The van der Waals surface area contributed by atoms with Gasteiger partial charge in [0.25, 0.3) is 0 Å². The number of hydrogen-bond donors (Lipinski definition) is 1. The minimum Gasteiger partial charge on any atom is -0.511 e.